The summed E-state index contributed by atoms with van der Waals surface area (Å²) in [5.41, 5.74) is 4.01. The highest BCUT2D eigenvalue weighted by Gasteiger charge is 2.26. The Morgan fingerprint density at radius 2 is 1.89 bits per heavy atom. The van der Waals surface area contributed by atoms with Gasteiger partial charge in [-0.3, -0.25) is 4.79 Å². The van der Waals surface area contributed by atoms with Crippen LogP contribution in [0.5, 0.6) is 0 Å². The summed E-state index contributed by atoms with van der Waals surface area (Å²) in [6, 6.07) is 11.4. The number of hydrogen-bond donors (Lipinski definition) is 1. The van der Waals surface area contributed by atoms with Crippen molar-refractivity contribution in [2.75, 3.05) is 31.6 Å². The van der Waals surface area contributed by atoms with Crippen LogP contribution in [-0.4, -0.2) is 47.6 Å². The van der Waals surface area contributed by atoms with Gasteiger partial charge in [-0.1, -0.05) is 18.2 Å². The molecule has 1 aromatic carbocycles. The largest absolute Gasteiger partial charge is 0.368 e. The summed E-state index contributed by atoms with van der Waals surface area (Å²) in [6.45, 7) is 5.79. The molecule has 4 rings (SSSR count). The number of rotatable bonds is 3. The van der Waals surface area contributed by atoms with Crippen molar-refractivity contribution in [2.45, 2.75) is 20.0 Å². The Labute approximate surface area is 163 Å². The number of morpholine rings is 1. The summed E-state index contributed by atoms with van der Waals surface area (Å²) in [5, 5.41) is 3.54. The standard InChI is InChI=1S/C21H23N5O2/c1-13-10-14(2)24-21(23-13)26-8-9-28-19(12-26)18-11-16(20(27)22-3)15-6-4-5-7-17(15)25-18/h4-7,10-11,19H,8-9,12H2,1-3H3,(H,22,27). The minimum Gasteiger partial charge on any atom is -0.368 e. The van der Waals surface area contributed by atoms with Crippen LogP contribution in [0.3, 0.4) is 0 Å². The average molecular weight is 377 g/mol. The number of pyridine rings is 1. The number of carbonyl (C=O) groups is 1. The number of nitrogens with one attached hydrogen (secondary N) is 1. The van der Waals surface area contributed by atoms with Gasteiger partial charge < -0.3 is 15.0 Å². The van der Waals surface area contributed by atoms with Gasteiger partial charge in [-0.25, -0.2) is 15.0 Å². The maximum atomic E-state index is 12.4. The molecule has 2 aromatic heterocycles. The number of hydrogen-bond acceptors (Lipinski definition) is 6. The third-order valence-electron chi connectivity index (χ3n) is 4.86. The Kier molecular flexibility index (Phi) is 4.92. The number of carbonyl (C=O) groups excluding carboxylic acids is 1. The highest BCUT2D eigenvalue weighted by Crippen LogP contribution is 2.27. The Morgan fingerprint density at radius 3 is 2.64 bits per heavy atom. The van der Waals surface area contributed by atoms with E-state index in [0.717, 1.165) is 34.5 Å². The van der Waals surface area contributed by atoms with Crippen LogP contribution < -0.4 is 10.2 Å². The zero-order valence-corrected chi connectivity index (χ0v) is 16.3. The third-order valence-corrected chi connectivity index (χ3v) is 4.86. The van der Waals surface area contributed by atoms with Gasteiger partial charge in [0.05, 0.1) is 29.9 Å². The molecule has 7 nitrogen and oxygen atoms in total. The number of amides is 1. The molecule has 3 aromatic rings. The van der Waals surface area contributed by atoms with Crippen LogP contribution in [0.2, 0.25) is 0 Å². The van der Waals surface area contributed by atoms with Gasteiger partial charge in [0.2, 0.25) is 5.95 Å². The molecule has 144 valence electrons. The molecule has 0 bridgehead atoms. The van der Waals surface area contributed by atoms with Crippen molar-refractivity contribution in [1.29, 1.82) is 0 Å². The fraction of sp³-hybridized carbons (Fsp3) is 0.333. The number of nitrogens with zero attached hydrogens (tertiary/aromatic N) is 4. The molecule has 28 heavy (non-hydrogen) atoms. The fourth-order valence-corrected chi connectivity index (χ4v) is 3.54. The maximum absolute atomic E-state index is 12.4. The number of aryl methyl sites for hydroxylation is 2. The van der Waals surface area contributed by atoms with Crippen LogP contribution in [0.25, 0.3) is 10.9 Å². The molecular weight excluding hydrogens is 354 g/mol. The van der Waals surface area contributed by atoms with E-state index in [2.05, 4.69) is 20.2 Å². The van der Waals surface area contributed by atoms with Gasteiger partial charge in [-0.2, -0.15) is 0 Å². The van der Waals surface area contributed by atoms with E-state index in [9.17, 15) is 4.79 Å². The van der Waals surface area contributed by atoms with Crippen molar-refractivity contribution in [3.63, 3.8) is 0 Å². The zero-order chi connectivity index (χ0) is 19.7. The number of aromatic nitrogens is 3. The Morgan fingerprint density at radius 1 is 1.14 bits per heavy atom. The molecule has 1 N–H and O–H groups in total. The second kappa shape index (κ2) is 7.52. The van der Waals surface area contributed by atoms with E-state index in [1.807, 2.05) is 50.2 Å². The van der Waals surface area contributed by atoms with Gasteiger partial charge in [-0.05, 0) is 32.0 Å². The van der Waals surface area contributed by atoms with Crippen molar-refractivity contribution < 1.29 is 9.53 Å². The van der Waals surface area contributed by atoms with Crippen LogP contribution in [0.1, 0.15) is 33.5 Å². The minimum atomic E-state index is -0.258. The van der Waals surface area contributed by atoms with Crippen LogP contribution in [0.4, 0.5) is 5.95 Å². The monoisotopic (exact) mass is 377 g/mol. The first-order chi connectivity index (χ1) is 13.5. The van der Waals surface area contributed by atoms with Gasteiger partial charge in [0.25, 0.3) is 5.91 Å². The molecule has 7 heteroatoms. The van der Waals surface area contributed by atoms with E-state index < -0.39 is 0 Å². The van der Waals surface area contributed by atoms with Crippen LogP contribution in [-0.2, 0) is 4.74 Å². The number of ether oxygens (including phenoxy) is 1. The SMILES string of the molecule is CNC(=O)c1cc(C2CN(c3nc(C)cc(C)n3)CCO2)nc2ccccc12. The predicted molar refractivity (Wildman–Crippen MR) is 108 cm³/mol. The lowest BCUT2D eigenvalue weighted by molar-refractivity contribution is 0.0366. The lowest BCUT2D eigenvalue weighted by Crippen LogP contribution is -2.40. The summed E-state index contributed by atoms with van der Waals surface area (Å²) in [5.74, 6) is 0.572. The van der Waals surface area contributed by atoms with Crippen LogP contribution >= 0.6 is 0 Å². The highest BCUT2D eigenvalue weighted by molar-refractivity contribution is 6.06. The number of anilines is 1. The summed E-state index contributed by atoms with van der Waals surface area (Å²) in [4.78, 5) is 28.4. The average Bonchev–Trinajstić information content (AvgIpc) is 2.71. The van der Waals surface area contributed by atoms with Gasteiger partial charge in [0.15, 0.2) is 0 Å². The molecule has 0 aliphatic carbocycles. The van der Waals surface area contributed by atoms with Gasteiger partial charge in [0, 0.05) is 30.4 Å². The topological polar surface area (TPSA) is 80.2 Å². The number of para-hydroxylation sites is 1. The summed E-state index contributed by atoms with van der Waals surface area (Å²) < 4.78 is 6.00. The second-order valence-corrected chi connectivity index (χ2v) is 6.95. The first-order valence-corrected chi connectivity index (χ1v) is 9.36. The van der Waals surface area contributed by atoms with Gasteiger partial charge in [-0.15, -0.1) is 0 Å². The summed E-state index contributed by atoms with van der Waals surface area (Å²) >= 11 is 0. The second-order valence-electron chi connectivity index (χ2n) is 6.95. The van der Waals surface area contributed by atoms with E-state index in [0.29, 0.717) is 24.7 Å². The van der Waals surface area contributed by atoms with Crippen molar-refractivity contribution in [1.82, 2.24) is 20.3 Å². The lowest BCUT2D eigenvalue weighted by Gasteiger charge is -2.33. The highest BCUT2D eigenvalue weighted by atomic mass is 16.5. The smallest absolute Gasteiger partial charge is 0.251 e. The van der Waals surface area contributed by atoms with Crippen LogP contribution in [0.15, 0.2) is 36.4 Å². The molecule has 0 saturated carbocycles. The quantitative estimate of drug-likeness (QED) is 0.756. The maximum Gasteiger partial charge on any atom is 0.251 e. The fourth-order valence-electron chi connectivity index (χ4n) is 3.54. The minimum absolute atomic E-state index is 0.134. The molecule has 1 unspecified atom stereocenters. The summed E-state index contributed by atoms with van der Waals surface area (Å²) in [6.07, 6.45) is -0.258. The van der Waals surface area contributed by atoms with Crippen LogP contribution in [0, 0.1) is 13.8 Å². The van der Waals surface area contributed by atoms with E-state index in [-0.39, 0.29) is 12.0 Å². The van der Waals surface area contributed by atoms with Crippen molar-refractivity contribution in [2.24, 2.45) is 0 Å². The molecule has 3 heterocycles. The van der Waals surface area contributed by atoms with Crippen molar-refractivity contribution in [3.05, 3.63) is 59.0 Å². The predicted octanol–water partition coefficient (Wildman–Crippen LogP) is 2.58. The normalized spacial score (nSPS) is 17.0. The first kappa shape index (κ1) is 18.3. The molecule has 0 radical (unpaired) electrons. The molecule has 1 saturated heterocycles. The molecule has 1 atom stereocenters. The molecule has 1 aliphatic rings. The van der Waals surface area contributed by atoms with E-state index in [4.69, 9.17) is 9.72 Å². The molecule has 1 fully saturated rings. The van der Waals surface area contributed by atoms with E-state index >= 15 is 0 Å². The van der Waals surface area contributed by atoms with E-state index in [1.54, 1.807) is 7.05 Å². The Hall–Kier alpha value is -3.06. The summed E-state index contributed by atoms with van der Waals surface area (Å²) in [7, 11) is 1.63. The molecule has 1 amide bonds. The lowest BCUT2D eigenvalue weighted by atomic mass is 10.0. The third kappa shape index (κ3) is 3.53. The zero-order valence-electron chi connectivity index (χ0n) is 16.3. The Bertz CT molecular complexity index is 1020. The number of fused-ring (bicyclic) bond motifs is 1. The van der Waals surface area contributed by atoms with Crippen molar-refractivity contribution >= 4 is 22.8 Å². The Balaban J connectivity index is 1.70. The molecular formula is C21H23N5O2. The van der Waals surface area contributed by atoms with Crippen molar-refractivity contribution in [3.8, 4) is 0 Å². The van der Waals surface area contributed by atoms with Gasteiger partial charge >= 0.3 is 0 Å². The number of benzene rings is 1. The first-order valence-electron chi connectivity index (χ1n) is 9.36. The molecule has 1 aliphatic heterocycles. The molecule has 0 spiro atoms. The van der Waals surface area contributed by atoms with E-state index in [1.165, 1.54) is 0 Å². The van der Waals surface area contributed by atoms with Gasteiger partial charge in [0.1, 0.15) is 6.10 Å².